The zero-order valence-electron chi connectivity index (χ0n) is 9.77. The third kappa shape index (κ3) is 3.14. The molecule has 0 atom stereocenters. The summed E-state index contributed by atoms with van der Waals surface area (Å²) in [5.74, 6) is 4.14. The summed E-state index contributed by atoms with van der Waals surface area (Å²) in [4.78, 5) is 11.6. The van der Waals surface area contributed by atoms with Crippen molar-refractivity contribution in [3.8, 4) is 11.8 Å². The molecular weight excluding hydrogens is 249 g/mol. The Morgan fingerprint density at radius 3 is 3.00 bits per heavy atom. The lowest BCUT2D eigenvalue weighted by molar-refractivity contribution is 0.102. The summed E-state index contributed by atoms with van der Waals surface area (Å²) in [5, 5.41) is 11.9. The predicted octanol–water partition coefficient (Wildman–Crippen LogP) is 0.506. The summed E-state index contributed by atoms with van der Waals surface area (Å²) < 4.78 is 13.6. The molecule has 19 heavy (non-hydrogen) atoms. The van der Waals surface area contributed by atoms with E-state index in [4.69, 9.17) is 5.73 Å². The van der Waals surface area contributed by atoms with Gasteiger partial charge in [0, 0.05) is 5.69 Å². The number of nitrogens with two attached hydrogens (primary N) is 1. The molecule has 0 unspecified atom stereocenters. The fourth-order valence-electron chi connectivity index (χ4n) is 1.35. The lowest BCUT2D eigenvalue weighted by Crippen LogP contribution is -2.12. The molecule has 1 amide bonds. The van der Waals surface area contributed by atoms with Crippen molar-refractivity contribution >= 4 is 11.6 Å². The molecular formula is C12H10FN5O. The van der Waals surface area contributed by atoms with Crippen LogP contribution in [0.4, 0.5) is 10.1 Å². The van der Waals surface area contributed by atoms with Crippen LogP contribution in [0.1, 0.15) is 16.1 Å². The first-order valence-corrected chi connectivity index (χ1v) is 5.36. The maximum absolute atomic E-state index is 13.6. The van der Waals surface area contributed by atoms with Crippen molar-refractivity contribution in [3.05, 3.63) is 41.5 Å². The third-order valence-electron chi connectivity index (χ3n) is 2.20. The van der Waals surface area contributed by atoms with E-state index in [1.807, 2.05) is 0 Å². The van der Waals surface area contributed by atoms with Gasteiger partial charge in [0.2, 0.25) is 0 Å². The smallest absolute Gasteiger partial charge is 0.277 e. The minimum absolute atomic E-state index is 0.118. The summed E-state index contributed by atoms with van der Waals surface area (Å²) in [6, 6.07) is 4.19. The Morgan fingerprint density at radius 2 is 2.37 bits per heavy atom. The summed E-state index contributed by atoms with van der Waals surface area (Å²) in [7, 11) is 0. The number of benzene rings is 1. The van der Waals surface area contributed by atoms with E-state index in [9.17, 15) is 9.18 Å². The maximum atomic E-state index is 13.6. The van der Waals surface area contributed by atoms with Gasteiger partial charge in [-0.2, -0.15) is 15.4 Å². The highest BCUT2D eigenvalue weighted by atomic mass is 19.1. The number of anilines is 1. The minimum atomic E-state index is -0.529. The monoisotopic (exact) mass is 259 g/mol. The van der Waals surface area contributed by atoms with Crippen LogP contribution in [-0.2, 0) is 0 Å². The number of rotatable bonds is 2. The molecule has 1 heterocycles. The second-order valence-corrected chi connectivity index (χ2v) is 3.51. The van der Waals surface area contributed by atoms with Crippen LogP contribution in [0.25, 0.3) is 0 Å². The first kappa shape index (κ1) is 12.7. The Kier molecular flexibility index (Phi) is 3.85. The summed E-state index contributed by atoms with van der Waals surface area (Å²) in [5.41, 5.74) is 5.86. The van der Waals surface area contributed by atoms with Crippen LogP contribution in [0, 0.1) is 17.7 Å². The van der Waals surface area contributed by atoms with Gasteiger partial charge in [0.15, 0.2) is 5.69 Å². The highest BCUT2D eigenvalue weighted by molar-refractivity contribution is 6.02. The Bertz CT molecular complexity index is 642. The number of carbonyl (C=O) groups is 1. The molecule has 2 rings (SSSR count). The van der Waals surface area contributed by atoms with Gasteiger partial charge in [0.1, 0.15) is 5.82 Å². The van der Waals surface area contributed by atoms with E-state index in [1.165, 1.54) is 18.3 Å². The van der Waals surface area contributed by atoms with Gasteiger partial charge in [0.05, 0.1) is 18.3 Å². The molecule has 0 fully saturated rings. The van der Waals surface area contributed by atoms with E-state index in [1.54, 1.807) is 6.07 Å². The zero-order chi connectivity index (χ0) is 13.7. The molecule has 0 spiro atoms. The Hall–Kier alpha value is -2.72. The summed E-state index contributed by atoms with van der Waals surface area (Å²) in [6.07, 6.45) is 1.27. The molecule has 96 valence electrons. The number of nitrogens with one attached hydrogen (secondary N) is 2. The molecule has 0 saturated carbocycles. The highest BCUT2D eigenvalue weighted by Gasteiger charge is 2.10. The van der Waals surface area contributed by atoms with E-state index in [-0.39, 0.29) is 17.8 Å². The van der Waals surface area contributed by atoms with Gasteiger partial charge >= 0.3 is 0 Å². The SMILES string of the molecule is NCC#Cc1ccc(NC(=O)c2cn[nH]n2)cc1F. The maximum Gasteiger partial charge on any atom is 0.277 e. The highest BCUT2D eigenvalue weighted by Crippen LogP contribution is 2.14. The lowest BCUT2D eigenvalue weighted by atomic mass is 10.2. The molecule has 1 aromatic heterocycles. The van der Waals surface area contributed by atoms with Gasteiger partial charge in [-0.05, 0) is 18.2 Å². The van der Waals surface area contributed by atoms with Crippen molar-refractivity contribution in [3.63, 3.8) is 0 Å². The van der Waals surface area contributed by atoms with E-state index in [0.717, 1.165) is 0 Å². The van der Waals surface area contributed by atoms with Crippen LogP contribution >= 0.6 is 0 Å². The van der Waals surface area contributed by atoms with Gasteiger partial charge < -0.3 is 11.1 Å². The zero-order valence-corrected chi connectivity index (χ0v) is 9.77. The molecule has 0 bridgehead atoms. The molecule has 0 radical (unpaired) electrons. The van der Waals surface area contributed by atoms with Gasteiger partial charge in [-0.3, -0.25) is 4.79 Å². The summed E-state index contributed by atoms with van der Waals surface area (Å²) >= 11 is 0. The standard InChI is InChI=1S/C12H10FN5O/c13-10-6-9(4-3-8(10)2-1-5-14)16-12(19)11-7-15-18-17-11/h3-4,6-7H,5,14H2,(H,16,19)(H,15,17,18). The second-order valence-electron chi connectivity index (χ2n) is 3.51. The average molecular weight is 259 g/mol. The first-order valence-electron chi connectivity index (χ1n) is 5.36. The topological polar surface area (TPSA) is 96.7 Å². The Labute approximate surface area is 108 Å². The van der Waals surface area contributed by atoms with E-state index in [0.29, 0.717) is 5.69 Å². The van der Waals surface area contributed by atoms with Crippen LogP contribution in [0.2, 0.25) is 0 Å². The normalized spacial score (nSPS) is 9.58. The minimum Gasteiger partial charge on any atom is -0.320 e. The molecule has 6 nitrogen and oxygen atoms in total. The molecule has 0 aliphatic rings. The van der Waals surface area contributed by atoms with Crippen LogP contribution in [0.3, 0.4) is 0 Å². The number of halogens is 1. The van der Waals surface area contributed by atoms with E-state index < -0.39 is 11.7 Å². The van der Waals surface area contributed by atoms with Gasteiger partial charge in [-0.1, -0.05) is 11.8 Å². The molecule has 2 aromatic rings. The number of amides is 1. The molecule has 0 aliphatic heterocycles. The first-order chi connectivity index (χ1) is 9.20. The molecule has 1 aromatic carbocycles. The van der Waals surface area contributed by atoms with Gasteiger partial charge in [-0.15, -0.1) is 0 Å². The van der Waals surface area contributed by atoms with Crippen molar-refractivity contribution in [2.75, 3.05) is 11.9 Å². The number of hydrogen-bond acceptors (Lipinski definition) is 4. The van der Waals surface area contributed by atoms with Crippen molar-refractivity contribution in [1.82, 2.24) is 15.4 Å². The van der Waals surface area contributed by atoms with Crippen LogP contribution < -0.4 is 11.1 Å². The largest absolute Gasteiger partial charge is 0.320 e. The van der Waals surface area contributed by atoms with E-state index >= 15 is 0 Å². The Balaban J connectivity index is 2.14. The van der Waals surface area contributed by atoms with Gasteiger partial charge in [-0.25, -0.2) is 4.39 Å². The fraction of sp³-hybridized carbons (Fsp3) is 0.0833. The molecule has 7 heteroatoms. The Morgan fingerprint density at radius 1 is 1.53 bits per heavy atom. The quantitative estimate of drug-likeness (QED) is 0.684. The lowest BCUT2D eigenvalue weighted by Gasteiger charge is -2.03. The van der Waals surface area contributed by atoms with Crippen LogP contribution in [0.15, 0.2) is 24.4 Å². The van der Waals surface area contributed by atoms with Crippen LogP contribution in [-0.4, -0.2) is 27.9 Å². The van der Waals surface area contributed by atoms with Gasteiger partial charge in [0.25, 0.3) is 5.91 Å². The number of H-pyrrole nitrogens is 1. The fourth-order valence-corrected chi connectivity index (χ4v) is 1.35. The number of hydrogen-bond donors (Lipinski definition) is 3. The number of carbonyl (C=O) groups excluding carboxylic acids is 1. The summed E-state index contributed by atoms with van der Waals surface area (Å²) in [6.45, 7) is 0.157. The number of aromatic amines is 1. The predicted molar refractivity (Wildman–Crippen MR) is 66.7 cm³/mol. The molecule has 0 saturated heterocycles. The van der Waals surface area contributed by atoms with Crippen molar-refractivity contribution in [1.29, 1.82) is 0 Å². The van der Waals surface area contributed by atoms with Crippen LogP contribution in [0.5, 0.6) is 0 Å². The van der Waals surface area contributed by atoms with Crippen molar-refractivity contribution in [2.24, 2.45) is 5.73 Å². The third-order valence-corrected chi connectivity index (χ3v) is 2.20. The number of nitrogens with zero attached hydrogens (tertiary/aromatic N) is 2. The number of aromatic nitrogens is 3. The molecule has 0 aliphatic carbocycles. The van der Waals surface area contributed by atoms with Crippen molar-refractivity contribution in [2.45, 2.75) is 0 Å². The van der Waals surface area contributed by atoms with E-state index in [2.05, 4.69) is 32.6 Å². The molecule has 4 N–H and O–H groups in total. The average Bonchev–Trinajstić information content (AvgIpc) is 2.92. The second kappa shape index (κ2) is 5.75. The van der Waals surface area contributed by atoms with Crippen molar-refractivity contribution < 1.29 is 9.18 Å².